The lowest BCUT2D eigenvalue weighted by molar-refractivity contribution is 1.40. The van der Waals surface area contributed by atoms with Crippen LogP contribution in [-0.2, 0) is 0 Å². The Kier molecular flexibility index (Phi) is 3.22. The van der Waals surface area contributed by atoms with E-state index in [1.807, 2.05) is 24.4 Å². The molecule has 0 amide bonds. The molecule has 94 valence electrons. The smallest absolute Gasteiger partial charge is 0.0723 e. The summed E-state index contributed by atoms with van der Waals surface area (Å²) >= 11 is 3.51. The van der Waals surface area contributed by atoms with Gasteiger partial charge in [-0.25, -0.2) is 0 Å². The summed E-state index contributed by atoms with van der Waals surface area (Å²) in [5.41, 5.74) is 4.39. The van der Waals surface area contributed by atoms with Gasteiger partial charge in [0.05, 0.1) is 5.52 Å². The molecule has 0 spiro atoms. The topological polar surface area (TPSA) is 24.9 Å². The van der Waals surface area contributed by atoms with Crippen LogP contribution in [0.3, 0.4) is 0 Å². The molecule has 0 fully saturated rings. The number of aryl methyl sites for hydroxylation is 1. The van der Waals surface area contributed by atoms with Gasteiger partial charge in [0.15, 0.2) is 0 Å². The Morgan fingerprint density at radius 2 is 1.79 bits per heavy atom. The molecule has 3 aromatic rings. The second-order valence-corrected chi connectivity index (χ2v) is 5.43. The first-order valence-electron chi connectivity index (χ1n) is 6.10. The number of aromatic nitrogens is 1. The van der Waals surface area contributed by atoms with Crippen LogP contribution in [0.2, 0.25) is 0 Å². The average Bonchev–Trinajstić information content (AvgIpc) is 2.42. The van der Waals surface area contributed by atoms with Crippen molar-refractivity contribution in [1.82, 2.24) is 4.98 Å². The third kappa shape index (κ3) is 2.61. The Bertz CT molecular complexity index is 720. The van der Waals surface area contributed by atoms with E-state index >= 15 is 0 Å². The van der Waals surface area contributed by atoms with E-state index in [-0.39, 0.29) is 0 Å². The zero-order valence-corrected chi connectivity index (χ0v) is 12.1. The van der Waals surface area contributed by atoms with E-state index in [1.54, 1.807) is 0 Å². The highest BCUT2D eigenvalue weighted by atomic mass is 79.9. The van der Waals surface area contributed by atoms with Crippen molar-refractivity contribution >= 4 is 38.2 Å². The highest BCUT2D eigenvalue weighted by Crippen LogP contribution is 2.27. The van der Waals surface area contributed by atoms with Crippen molar-refractivity contribution in [2.24, 2.45) is 0 Å². The monoisotopic (exact) mass is 312 g/mol. The zero-order valence-electron chi connectivity index (χ0n) is 10.5. The number of nitrogens with zero attached hydrogens (tertiary/aromatic N) is 1. The van der Waals surface area contributed by atoms with E-state index in [9.17, 15) is 0 Å². The molecule has 3 rings (SSSR count). The lowest BCUT2D eigenvalue weighted by Gasteiger charge is -2.10. The fraction of sp³-hybridized carbons (Fsp3) is 0.0625. The van der Waals surface area contributed by atoms with Crippen LogP contribution >= 0.6 is 15.9 Å². The number of nitrogens with one attached hydrogen (secondary N) is 1. The van der Waals surface area contributed by atoms with Crippen molar-refractivity contribution in [1.29, 1.82) is 0 Å². The first-order valence-corrected chi connectivity index (χ1v) is 6.90. The van der Waals surface area contributed by atoms with E-state index < -0.39 is 0 Å². The normalized spacial score (nSPS) is 10.6. The quantitative estimate of drug-likeness (QED) is 0.716. The fourth-order valence-corrected chi connectivity index (χ4v) is 2.38. The zero-order chi connectivity index (χ0) is 13.2. The number of hydrogen-bond donors (Lipinski definition) is 1. The number of halogens is 1. The van der Waals surface area contributed by atoms with Crippen LogP contribution in [-0.4, -0.2) is 4.98 Å². The van der Waals surface area contributed by atoms with Gasteiger partial charge in [-0.05, 0) is 43.3 Å². The summed E-state index contributed by atoms with van der Waals surface area (Å²) in [5, 5.41) is 4.55. The van der Waals surface area contributed by atoms with Crippen LogP contribution in [0.4, 0.5) is 11.4 Å². The molecular weight excluding hydrogens is 300 g/mol. The SMILES string of the molecule is Cc1ccc(Nc2ccnc3ccc(Br)cc23)cc1. The molecule has 1 aromatic heterocycles. The third-order valence-electron chi connectivity index (χ3n) is 3.03. The molecule has 0 aliphatic carbocycles. The second kappa shape index (κ2) is 5.02. The van der Waals surface area contributed by atoms with Gasteiger partial charge in [-0.1, -0.05) is 33.6 Å². The fourth-order valence-electron chi connectivity index (χ4n) is 2.02. The van der Waals surface area contributed by atoms with E-state index in [0.29, 0.717) is 0 Å². The van der Waals surface area contributed by atoms with Crippen LogP contribution in [0.1, 0.15) is 5.56 Å². The summed E-state index contributed by atoms with van der Waals surface area (Å²) in [4.78, 5) is 4.38. The van der Waals surface area contributed by atoms with Gasteiger partial charge in [0.2, 0.25) is 0 Å². The first-order chi connectivity index (χ1) is 9.22. The average molecular weight is 313 g/mol. The molecule has 2 aromatic carbocycles. The lowest BCUT2D eigenvalue weighted by atomic mass is 10.1. The largest absolute Gasteiger partial charge is 0.355 e. The van der Waals surface area contributed by atoms with Crippen molar-refractivity contribution in [3.8, 4) is 0 Å². The highest BCUT2D eigenvalue weighted by Gasteiger charge is 2.03. The molecule has 1 N–H and O–H groups in total. The summed E-state index contributed by atoms with van der Waals surface area (Å²) in [6, 6.07) is 16.5. The number of pyridine rings is 1. The molecule has 0 radical (unpaired) electrons. The molecule has 2 nitrogen and oxygen atoms in total. The summed E-state index contributed by atoms with van der Waals surface area (Å²) in [7, 11) is 0. The summed E-state index contributed by atoms with van der Waals surface area (Å²) < 4.78 is 1.06. The molecule has 19 heavy (non-hydrogen) atoms. The predicted octanol–water partition coefficient (Wildman–Crippen LogP) is 5.05. The van der Waals surface area contributed by atoms with Crippen LogP contribution in [0.5, 0.6) is 0 Å². The summed E-state index contributed by atoms with van der Waals surface area (Å²) in [5.74, 6) is 0. The molecule has 0 bridgehead atoms. The molecule has 0 saturated carbocycles. The molecule has 0 saturated heterocycles. The Hall–Kier alpha value is -1.87. The molecule has 0 atom stereocenters. The van der Waals surface area contributed by atoms with Crippen molar-refractivity contribution < 1.29 is 0 Å². The maximum Gasteiger partial charge on any atom is 0.0723 e. The molecule has 0 unspecified atom stereocenters. The van der Waals surface area contributed by atoms with Crippen LogP contribution in [0, 0.1) is 6.92 Å². The minimum Gasteiger partial charge on any atom is -0.355 e. The van der Waals surface area contributed by atoms with Gasteiger partial charge in [-0.2, -0.15) is 0 Å². The Balaban J connectivity index is 2.05. The minimum atomic E-state index is 0.986. The number of hydrogen-bond acceptors (Lipinski definition) is 2. The van der Waals surface area contributed by atoms with Crippen molar-refractivity contribution in [2.45, 2.75) is 6.92 Å². The number of anilines is 2. The van der Waals surface area contributed by atoms with Crippen LogP contribution in [0.15, 0.2) is 59.2 Å². The minimum absolute atomic E-state index is 0.986. The summed E-state index contributed by atoms with van der Waals surface area (Å²) in [6.45, 7) is 2.09. The van der Waals surface area contributed by atoms with E-state index in [0.717, 1.165) is 26.8 Å². The lowest BCUT2D eigenvalue weighted by Crippen LogP contribution is -1.92. The Morgan fingerprint density at radius 3 is 2.58 bits per heavy atom. The Morgan fingerprint density at radius 1 is 1.00 bits per heavy atom. The van der Waals surface area contributed by atoms with Crippen molar-refractivity contribution in [3.05, 3.63) is 64.8 Å². The van der Waals surface area contributed by atoms with Gasteiger partial charge >= 0.3 is 0 Å². The molecular formula is C16H13BrN2. The molecule has 1 heterocycles. The van der Waals surface area contributed by atoms with Gasteiger partial charge in [-0.3, -0.25) is 4.98 Å². The predicted molar refractivity (Wildman–Crippen MR) is 83.9 cm³/mol. The van der Waals surface area contributed by atoms with Crippen LogP contribution in [0.25, 0.3) is 10.9 Å². The maximum atomic E-state index is 4.38. The Labute approximate surface area is 120 Å². The molecule has 0 aliphatic rings. The second-order valence-electron chi connectivity index (χ2n) is 4.51. The molecule has 0 aliphatic heterocycles. The van der Waals surface area contributed by atoms with E-state index in [4.69, 9.17) is 0 Å². The van der Waals surface area contributed by atoms with Gasteiger partial charge < -0.3 is 5.32 Å². The van der Waals surface area contributed by atoms with Gasteiger partial charge in [0.1, 0.15) is 0 Å². The van der Waals surface area contributed by atoms with Gasteiger partial charge in [0, 0.05) is 27.4 Å². The van der Waals surface area contributed by atoms with Crippen molar-refractivity contribution in [2.75, 3.05) is 5.32 Å². The van der Waals surface area contributed by atoms with Gasteiger partial charge in [0.25, 0.3) is 0 Å². The van der Waals surface area contributed by atoms with Gasteiger partial charge in [-0.15, -0.1) is 0 Å². The van der Waals surface area contributed by atoms with E-state index in [1.165, 1.54) is 5.56 Å². The van der Waals surface area contributed by atoms with E-state index in [2.05, 4.69) is 63.5 Å². The highest BCUT2D eigenvalue weighted by molar-refractivity contribution is 9.10. The number of fused-ring (bicyclic) bond motifs is 1. The maximum absolute atomic E-state index is 4.38. The van der Waals surface area contributed by atoms with Crippen molar-refractivity contribution in [3.63, 3.8) is 0 Å². The standard InChI is InChI=1S/C16H13BrN2/c1-11-2-5-13(6-3-11)19-16-8-9-18-15-7-4-12(17)10-14(15)16/h2-10H,1H3,(H,18,19). The first kappa shape index (κ1) is 12.2. The third-order valence-corrected chi connectivity index (χ3v) is 3.53. The molecule has 3 heteroatoms. The number of rotatable bonds is 2. The number of benzene rings is 2. The van der Waals surface area contributed by atoms with Crippen LogP contribution < -0.4 is 5.32 Å². The summed E-state index contributed by atoms with van der Waals surface area (Å²) in [6.07, 6.45) is 1.83.